The molecule has 0 aromatic carbocycles. The molecule has 2 N–H and O–H groups in total. The maximum Gasteiger partial charge on any atom is 0.487 e. The summed E-state index contributed by atoms with van der Waals surface area (Å²) >= 11 is 0. The second-order valence-corrected chi connectivity index (χ2v) is 22.0. The Balaban J connectivity index is 2.52. The predicted octanol–water partition coefficient (Wildman–Crippen LogP) is 3.41. The number of imidazole rings is 1. The van der Waals surface area contributed by atoms with Gasteiger partial charge in [0.05, 0.1) is 0 Å². The van der Waals surface area contributed by atoms with Crippen molar-refractivity contribution in [2.45, 2.75) is 58.9 Å². The standard InChI is InChI=1S/C14H28N4O3Si3/c1-22(2,3)19-12-10-11(16-13(15-10)20-23(4,5)6)17-14(18-12)21-24(7,8)9/h1-9H3,(H,15,16,17,18)/p+1. The van der Waals surface area contributed by atoms with E-state index < -0.39 is 25.0 Å². The largest absolute Gasteiger partial charge is 0.519 e. The number of aromatic nitrogens is 4. The number of aromatic amines is 2. The van der Waals surface area contributed by atoms with E-state index in [1.54, 1.807) is 0 Å². The molecular weight excluding hydrogens is 356 g/mol. The van der Waals surface area contributed by atoms with Gasteiger partial charge in [0.1, 0.15) is 0 Å². The van der Waals surface area contributed by atoms with Crippen LogP contribution in [0.2, 0.25) is 58.9 Å². The van der Waals surface area contributed by atoms with Gasteiger partial charge in [-0.3, -0.25) is 4.98 Å². The maximum absolute atomic E-state index is 6.18. The molecule has 7 nitrogen and oxygen atoms in total. The number of nitrogens with zero attached hydrogens (tertiary/aromatic N) is 2. The van der Waals surface area contributed by atoms with Crippen LogP contribution in [0.1, 0.15) is 0 Å². The highest BCUT2D eigenvalue weighted by Crippen LogP contribution is 2.26. The third-order valence-corrected chi connectivity index (χ3v) is 4.96. The van der Waals surface area contributed by atoms with E-state index in [-0.39, 0.29) is 0 Å². The summed E-state index contributed by atoms with van der Waals surface area (Å²) in [6.07, 6.45) is 0. The summed E-state index contributed by atoms with van der Waals surface area (Å²) in [6.45, 7) is 19.0. The van der Waals surface area contributed by atoms with Crippen molar-refractivity contribution in [3.05, 3.63) is 0 Å². The van der Waals surface area contributed by atoms with Crippen molar-refractivity contribution in [3.63, 3.8) is 0 Å². The van der Waals surface area contributed by atoms with Gasteiger partial charge in [0.15, 0.2) is 5.52 Å². The lowest BCUT2D eigenvalue weighted by atomic mass is 10.5. The van der Waals surface area contributed by atoms with Gasteiger partial charge in [-0.2, -0.15) is 9.97 Å². The molecule has 0 aliphatic rings. The molecule has 10 heteroatoms. The molecule has 2 heterocycles. The minimum Gasteiger partial charge on any atom is -0.519 e. The molecular formula is C14H29N4O3Si3+. The SMILES string of the molecule is C[Si](C)(C)Oc1nc2nc(O[Si](C)(C)C)[nH+]c(O[Si](C)(C)C)c2[nH]1. The van der Waals surface area contributed by atoms with Crippen LogP contribution in [-0.4, -0.2) is 39.9 Å². The molecule has 2 rings (SSSR count). The van der Waals surface area contributed by atoms with Gasteiger partial charge in [-0.1, -0.05) is 0 Å². The second kappa shape index (κ2) is 6.15. The van der Waals surface area contributed by atoms with E-state index in [1.807, 2.05) is 0 Å². The lowest BCUT2D eigenvalue weighted by molar-refractivity contribution is -0.402. The van der Waals surface area contributed by atoms with E-state index in [9.17, 15) is 0 Å². The lowest BCUT2D eigenvalue weighted by Crippen LogP contribution is -2.36. The Morgan fingerprint density at radius 2 is 1.29 bits per heavy atom. The third-order valence-electron chi connectivity index (χ3n) is 2.53. The predicted molar refractivity (Wildman–Crippen MR) is 102 cm³/mol. The molecule has 0 amide bonds. The minimum atomic E-state index is -1.82. The Hall–Kier alpha value is -1.40. The number of fused-ring (bicyclic) bond motifs is 1. The van der Waals surface area contributed by atoms with Gasteiger partial charge in [-0.15, -0.1) is 0 Å². The zero-order valence-corrected chi connectivity index (χ0v) is 19.1. The van der Waals surface area contributed by atoms with Gasteiger partial charge in [0.2, 0.25) is 16.6 Å². The Bertz CT molecular complexity index is 730. The van der Waals surface area contributed by atoms with Crippen LogP contribution in [-0.2, 0) is 0 Å². The van der Waals surface area contributed by atoms with Gasteiger partial charge in [-0.25, -0.2) is 0 Å². The van der Waals surface area contributed by atoms with Crippen LogP contribution in [0.3, 0.4) is 0 Å². The summed E-state index contributed by atoms with van der Waals surface area (Å²) in [4.78, 5) is 15.3. The van der Waals surface area contributed by atoms with Crippen LogP contribution >= 0.6 is 0 Å². The first-order valence-electron chi connectivity index (χ1n) is 8.12. The van der Waals surface area contributed by atoms with E-state index in [2.05, 4.69) is 78.9 Å². The average Bonchev–Trinajstić information content (AvgIpc) is 2.64. The number of H-pyrrole nitrogens is 2. The van der Waals surface area contributed by atoms with Crippen molar-refractivity contribution in [2.24, 2.45) is 0 Å². The highest BCUT2D eigenvalue weighted by Gasteiger charge is 2.30. The van der Waals surface area contributed by atoms with Crippen LogP contribution in [0.15, 0.2) is 0 Å². The molecule has 2 aromatic rings. The fourth-order valence-electron chi connectivity index (χ4n) is 1.93. The van der Waals surface area contributed by atoms with Crippen LogP contribution in [0.25, 0.3) is 11.2 Å². The summed E-state index contributed by atoms with van der Waals surface area (Å²) in [5.74, 6) is 0.616. The van der Waals surface area contributed by atoms with E-state index in [4.69, 9.17) is 13.3 Å². The van der Waals surface area contributed by atoms with Crippen molar-refractivity contribution >= 4 is 36.1 Å². The zero-order chi connectivity index (χ0) is 18.3. The summed E-state index contributed by atoms with van der Waals surface area (Å²) < 4.78 is 18.1. The van der Waals surface area contributed by atoms with Crippen molar-refractivity contribution in [1.29, 1.82) is 0 Å². The van der Waals surface area contributed by atoms with Crippen molar-refractivity contribution < 1.29 is 18.3 Å². The number of hydrogen-bond acceptors (Lipinski definition) is 5. The van der Waals surface area contributed by atoms with Crippen LogP contribution in [0.4, 0.5) is 0 Å². The first-order chi connectivity index (χ1) is 10.7. The van der Waals surface area contributed by atoms with E-state index in [0.717, 1.165) is 0 Å². The van der Waals surface area contributed by atoms with Crippen LogP contribution < -0.4 is 18.3 Å². The number of rotatable bonds is 6. The molecule has 0 fully saturated rings. The van der Waals surface area contributed by atoms with Crippen molar-refractivity contribution in [2.75, 3.05) is 0 Å². The molecule has 0 bridgehead atoms. The first-order valence-corrected chi connectivity index (χ1v) is 18.3. The molecule has 0 atom stereocenters. The lowest BCUT2D eigenvalue weighted by Gasteiger charge is -2.18. The van der Waals surface area contributed by atoms with Gasteiger partial charge in [0, 0.05) is 4.98 Å². The first kappa shape index (κ1) is 18.9. The molecule has 0 saturated heterocycles. The van der Waals surface area contributed by atoms with Crippen molar-refractivity contribution in [3.8, 4) is 17.9 Å². The molecule has 134 valence electrons. The quantitative estimate of drug-likeness (QED) is 0.770. The third kappa shape index (κ3) is 5.60. The van der Waals surface area contributed by atoms with Crippen LogP contribution in [0, 0.1) is 0 Å². The average molecular weight is 386 g/mol. The molecule has 0 aliphatic carbocycles. The summed E-state index contributed by atoms with van der Waals surface area (Å²) in [6, 6.07) is 0.927. The topological polar surface area (TPSA) is 83.4 Å². The molecule has 0 aliphatic heterocycles. The highest BCUT2D eigenvalue weighted by molar-refractivity contribution is 6.71. The summed E-state index contributed by atoms with van der Waals surface area (Å²) in [5, 5.41) is 0. The molecule has 24 heavy (non-hydrogen) atoms. The van der Waals surface area contributed by atoms with Gasteiger partial charge in [-0.05, 0) is 58.9 Å². The summed E-state index contributed by atoms with van der Waals surface area (Å²) in [5.41, 5.74) is 1.26. The smallest absolute Gasteiger partial charge is 0.487 e. The fourth-order valence-corrected chi connectivity index (χ4v) is 4.04. The number of nitrogens with one attached hydrogen (secondary N) is 2. The van der Waals surface area contributed by atoms with E-state index >= 15 is 0 Å². The van der Waals surface area contributed by atoms with Gasteiger partial charge in [0.25, 0.3) is 14.3 Å². The van der Waals surface area contributed by atoms with Crippen molar-refractivity contribution in [1.82, 2.24) is 15.0 Å². The van der Waals surface area contributed by atoms with E-state index in [0.29, 0.717) is 29.1 Å². The molecule has 0 spiro atoms. The zero-order valence-electron chi connectivity index (χ0n) is 16.1. The Kier molecular flexibility index (Phi) is 4.85. The Morgan fingerprint density at radius 1 is 0.750 bits per heavy atom. The minimum absolute atomic E-state index is 0.445. The van der Waals surface area contributed by atoms with Gasteiger partial charge < -0.3 is 13.3 Å². The Morgan fingerprint density at radius 3 is 1.79 bits per heavy atom. The molecule has 0 unspecified atom stereocenters. The summed E-state index contributed by atoms with van der Waals surface area (Å²) in [7, 11) is -5.38. The van der Waals surface area contributed by atoms with E-state index in [1.165, 1.54) is 0 Å². The molecule has 0 radical (unpaired) electrons. The second-order valence-electron chi connectivity index (χ2n) is 8.75. The number of hydrogen-bond donors (Lipinski definition) is 1. The van der Waals surface area contributed by atoms with Crippen LogP contribution in [0.5, 0.6) is 17.9 Å². The molecule has 0 saturated carbocycles. The molecule has 2 aromatic heterocycles. The normalized spacial score (nSPS) is 13.2. The van der Waals surface area contributed by atoms with Gasteiger partial charge >= 0.3 is 17.5 Å². The fraction of sp³-hybridized carbons (Fsp3) is 0.643. The monoisotopic (exact) mass is 385 g/mol. The maximum atomic E-state index is 6.18. The Labute approximate surface area is 146 Å². The highest BCUT2D eigenvalue weighted by atomic mass is 28.4.